The van der Waals surface area contributed by atoms with Crippen molar-refractivity contribution >= 4 is 23.5 Å². The normalized spacial score (nSPS) is 25.7. The molecule has 2 atom stereocenters. The van der Waals surface area contributed by atoms with E-state index >= 15 is 0 Å². The first kappa shape index (κ1) is 14.4. The zero-order valence-electron chi connectivity index (χ0n) is 11.7. The topological polar surface area (TPSA) is 57.6 Å². The lowest BCUT2D eigenvalue weighted by molar-refractivity contribution is -0.146. The van der Waals surface area contributed by atoms with Gasteiger partial charge in [0.1, 0.15) is 0 Å². The van der Waals surface area contributed by atoms with Crippen molar-refractivity contribution in [2.24, 2.45) is 11.8 Å². The van der Waals surface area contributed by atoms with E-state index in [1.165, 1.54) is 0 Å². The average molecular weight is 308 g/mol. The van der Waals surface area contributed by atoms with Gasteiger partial charge in [0.05, 0.1) is 5.92 Å². The van der Waals surface area contributed by atoms with Crippen LogP contribution in [0.1, 0.15) is 30.7 Å². The first-order chi connectivity index (χ1) is 10.1. The van der Waals surface area contributed by atoms with E-state index in [-0.39, 0.29) is 23.7 Å². The van der Waals surface area contributed by atoms with E-state index in [1.54, 1.807) is 0 Å². The second kappa shape index (κ2) is 5.68. The standard InChI is InChI=1S/C16H18ClNO3/c17-14-4-2-1-3-11(14)12-9-13(12)15(19)18-7-5-10(6-8-18)16(20)21/h1-4,10,12-13H,5-9H2,(H,20,21). The molecule has 4 nitrogen and oxygen atoms in total. The van der Waals surface area contributed by atoms with Gasteiger partial charge < -0.3 is 10.0 Å². The Labute approximate surface area is 128 Å². The van der Waals surface area contributed by atoms with Crippen molar-refractivity contribution in [3.8, 4) is 0 Å². The summed E-state index contributed by atoms with van der Waals surface area (Å²) in [6, 6.07) is 7.67. The third-order valence-corrected chi connectivity index (χ3v) is 4.91. The number of hydrogen-bond donors (Lipinski definition) is 1. The van der Waals surface area contributed by atoms with Gasteiger partial charge in [-0.3, -0.25) is 9.59 Å². The number of nitrogens with zero attached hydrogens (tertiary/aromatic N) is 1. The lowest BCUT2D eigenvalue weighted by Crippen LogP contribution is -2.41. The summed E-state index contributed by atoms with van der Waals surface area (Å²) in [4.78, 5) is 25.2. The van der Waals surface area contributed by atoms with E-state index < -0.39 is 5.97 Å². The van der Waals surface area contributed by atoms with Gasteiger partial charge >= 0.3 is 5.97 Å². The summed E-state index contributed by atoms with van der Waals surface area (Å²) >= 11 is 6.18. The summed E-state index contributed by atoms with van der Waals surface area (Å²) in [5.41, 5.74) is 1.05. The predicted octanol–water partition coefficient (Wildman–Crippen LogP) is 2.77. The van der Waals surface area contributed by atoms with Gasteiger partial charge in [-0.25, -0.2) is 0 Å². The first-order valence-electron chi connectivity index (χ1n) is 7.34. The molecule has 112 valence electrons. The molecule has 1 aromatic carbocycles. The molecule has 1 amide bonds. The van der Waals surface area contributed by atoms with Crippen LogP contribution >= 0.6 is 11.6 Å². The molecule has 3 rings (SSSR count). The minimum Gasteiger partial charge on any atom is -0.481 e. The summed E-state index contributed by atoms with van der Waals surface area (Å²) < 4.78 is 0. The molecule has 21 heavy (non-hydrogen) atoms. The fraction of sp³-hybridized carbons (Fsp3) is 0.500. The monoisotopic (exact) mass is 307 g/mol. The number of halogens is 1. The maximum absolute atomic E-state index is 12.5. The van der Waals surface area contributed by atoms with E-state index in [4.69, 9.17) is 16.7 Å². The molecular weight excluding hydrogens is 290 g/mol. The van der Waals surface area contributed by atoms with Gasteiger partial charge in [-0.1, -0.05) is 29.8 Å². The van der Waals surface area contributed by atoms with Crippen LogP contribution in [0.3, 0.4) is 0 Å². The predicted molar refractivity (Wildman–Crippen MR) is 79.2 cm³/mol. The second-order valence-electron chi connectivity index (χ2n) is 5.91. The van der Waals surface area contributed by atoms with E-state index in [0.717, 1.165) is 17.0 Å². The molecule has 2 unspecified atom stereocenters. The van der Waals surface area contributed by atoms with E-state index in [1.807, 2.05) is 29.2 Å². The Bertz CT molecular complexity index is 566. The van der Waals surface area contributed by atoms with Crippen molar-refractivity contribution < 1.29 is 14.7 Å². The van der Waals surface area contributed by atoms with Crippen molar-refractivity contribution in [1.82, 2.24) is 4.90 Å². The molecule has 0 aromatic heterocycles. The smallest absolute Gasteiger partial charge is 0.306 e. The van der Waals surface area contributed by atoms with Gasteiger partial charge in [0.25, 0.3) is 0 Å². The van der Waals surface area contributed by atoms with Crippen LogP contribution in [-0.2, 0) is 9.59 Å². The summed E-state index contributed by atoms with van der Waals surface area (Å²) in [5, 5.41) is 9.71. The molecule has 1 N–H and O–H groups in total. The number of likely N-dealkylation sites (tertiary alicyclic amines) is 1. The van der Waals surface area contributed by atoms with Gasteiger partial charge in [-0.2, -0.15) is 0 Å². The molecule has 1 aliphatic heterocycles. The molecule has 0 spiro atoms. The Kier molecular flexibility index (Phi) is 3.89. The van der Waals surface area contributed by atoms with E-state index in [0.29, 0.717) is 25.9 Å². The van der Waals surface area contributed by atoms with Crippen molar-refractivity contribution in [2.75, 3.05) is 13.1 Å². The molecule has 5 heteroatoms. The van der Waals surface area contributed by atoms with Crippen molar-refractivity contribution in [2.45, 2.75) is 25.2 Å². The van der Waals surface area contributed by atoms with Crippen LogP contribution in [0.15, 0.2) is 24.3 Å². The SMILES string of the molecule is O=C(O)C1CCN(C(=O)C2CC2c2ccccc2Cl)CC1. The zero-order chi connectivity index (χ0) is 15.0. The first-order valence-corrected chi connectivity index (χ1v) is 7.71. The van der Waals surface area contributed by atoms with Crippen LogP contribution in [0.5, 0.6) is 0 Å². The quantitative estimate of drug-likeness (QED) is 0.934. The molecule has 2 fully saturated rings. The van der Waals surface area contributed by atoms with E-state index in [9.17, 15) is 9.59 Å². The van der Waals surface area contributed by atoms with Gasteiger partial charge in [0, 0.05) is 24.0 Å². The van der Waals surface area contributed by atoms with Gasteiger partial charge in [0.2, 0.25) is 5.91 Å². The van der Waals surface area contributed by atoms with Crippen molar-refractivity contribution in [1.29, 1.82) is 0 Å². The number of rotatable bonds is 3. The third-order valence-electron chi connectivity index (χ3n) is 4.57. The fourth-order valence-electron chi connectivity index (χ4n) is 3.17. The fourth-order valence-corrected chi connectivity index (χ4v) is 3.44. The molecule has 2 aliphatic rings. The Hall–Kier alpha value is -1.55. The Balaban J connectivity index is 1.59. The Morgan fingerprint density at radius 2 is 1.86 bits per heavy atom. The number of piperidine rings is 1. The number of amides is 1. The van der Waals surface area contributed by atoms with Crippen LogP contribution in [-0.4, -0.2) is 35.0 Å². The zero-order valence-corrected chi connectivity index (χ0v) is 12.4. The molecule has 1 aliphatic carbocycles. The molecule has 1 aromatic rings. The van der Waals surface area contributed by atoms with Crippen LogP contribution < -0.4 is 0 Å². The highest BCUT2D eigenvalue weighted by Crippen LogP contribution is 2.50. The number of carbonyl (C=O) groups excluding carboxylic acids is 1. The molecule has 0 radical (unpaired) electrons. The summed E-state index contributed by atoms with van der Waals surface area (Å²) in [5.74, 6) is -0.645. The van der Waals surface area contributed by atoms with E-state index in [2.05, 4.69) is 0 Å². The average Bonchev–Trinajstić information content (AvgIpc) is 3.27. The van der Waals surface area contributed by atoms with Gasteiger partial charge in [-0.15, -0.1) is 0 Å². The van der Waals surface area contributed by atoms with Crippen LogP contribution in [0.2, 0.25) is 5.02 Å². The van der Waals surface area contributed by atoms with Crippen LogP contribution in [0.4, 0.5) is 0 Å². The minimum atomic E-state index is -0.748. The number of carboxylic acids is 1. The van der Waals surface area contributed by atoms with Crippen LogP contribution in [0.25, 0.3) is 0 Å². The summed E-state index contributed by atoms with van der Waals surface area (Å²) in [7, 11) is 0. The maximum atomic E-state index is 12.5. The molecule has 0 bridgehead atoms. The number of aliphatic carboxylic acids is 1. The Morgan fingerprint density at radius 3 is 2.48 bits per heavy atom. The minimum absolute atomic E-state index is 0.0197. The molecular formula is C16H18ClNO3. The number of benzene rings is 1. The van der Waals surface area contributed by atoms with Gasteiger partial charge in [-0.05, 0) is 36.8 Å². The van der Waals surface area contributed by atoms with Gasteiger partial charge in [0.15, 0.2) is 0 Å². The number of carboxylic acid groups (broad SMARTS) is 1. The molecule has 1 saturated carbocycles. The van der Waals surface area contributed by atoms with Crippen LogP contribution in [0, 0.1) is 11.8 Å². The van der Waals surface area contributed by atoms with Crippen molar-refractivity contribution in [3.05, 3.63) is 34.9 Å². The largest absolute Gasteiger partial charge is 0.481 e. The number of hydrogen-bond acceptors (Lipinski definition) is 2. The lowest BCUT2D eigenvalue weighted by Gasteiger charge is -2.30. The Morgan fingerprint density at radius 1 is 1.19 bits per heavy atom. The molecule has 1 saturated heterocycles. The second-order valence-corrected chi connectivity index (χ2v) is 6.32. The summed E-state index contributed by atoms with van der Waals surface area (Å²) in [6.45, 7) is 1.11. The highest BCUT2D eigenvalue weighted by Gasteiger charge is 2.47. The highest BCUT2D eigenvalue weighted by atomic mass is 35.5. The molecule has 1 heterocycles. The van der Waals surface area contributed by atoms with Crippen molar-refractivity contribution in [3.63, 3.8) is 0 Å². The number of carbonyl (C=O) groups is 2. The highest BCUT2D eigenvalue weighted by molar-refractivity contribution is 6.31. The summed E-state index contributed by atoms with van der Waals surface area (Å²) in [6.07, 6.45) is 1.97. The maximum Gasteiger partial charge on any atom is 0.306 e. The lowest BCUT2D eigenvalue weighted by atomic mass is 9.96. The third kappa shape index (κ3) is 2.91.